The summed E-state index contributed by atoms with van der Waals surface area (Å²) >= 11 is 0. The van der Waals surface area contributed by atoms with Crippen molar-refractivity contribution >= 4 is 10.0 Å². The summed E-state index contributed by atoms with van der Waals surface area (Å²) < 4.78 is 31.3. The number of sulfonamides is 1. The Hall–Kier alpha value is -1.41. The molecule has 14 heavy (non-hydrogen) atoms. The molecule has 8 heteroatoms. The molecule has 0 atom stereocenters. The highest BCUT2D eigenvalue weighted by Crippen LogP contribution is 2.16. The molecule has 0 saturated carbocycles. The zero-order valence-corrected chi connectivity index (χ0v) is 8.41. The molecule has 1 aromatic rings. The van der Waals surface area contributed by atoms with Crippen LogP contribution in [0.5, 0.6) is 11.8 Å². The topological polar surface area (TPSA) is 104 Å². The summed E-state index contributed by atoms with van der Waals surface area (Å²) in [4.78, 5) is 7.09. The van der Waals surface area contributed by atoms with E-state index in [-0.39, 0.29) is 11.8 Å². The van der Waals surface area contributed by atoms with Crippen molar-refractivity contribution in [2.24, 2.45) is 5.14 Å². The van der Waals surface area contributed by atoms with Gasteiger partial charge >= 0.3 is 0 Å². The molecule has 2 N–H and O–H groups in total. The van der Waals surface area contributed by atoms with Crippen molar-refractivity contribution in [3.63, 3.8) is 0 Å². The lowest BCUT2D eigenvalue weighted by Gasteiger charge is -2.04. The fraction of sp³-hybridized carbons (Fsp3) is 0.333. The van der Waals surface area contributed by atoms with E-state index in [9.17, 15) is 8.42 Å². The number of primary sulfonamides is 1. The number of hydrogen-bond acceptors (Lipinski definition) is 6. The van der Waals surface area contributed by atoms with E-state index >= 15 is 0 Å². The van der Waals surface area contributed by atoms with Crippen molar-refractivity contribution in [1.29, 1.82) is 0 Å². The number of hydrogen-bond donors (Lipinski definition) is 1. The molecule has 1 aromatic heterocycles. The molecule has 0 aliphatic carbocycles. The molecule has 7 nitrogen and oxygen atoms in total. The quantitative estimate of drug-likeness (QED) is 0.663. The van der Waals surface area contributed by atoms with Crippen LogP contribution in [-0.4, -0.2) is 32.6 Å². The largest absolute Gasteiger partial charge is 0.481 e. The smallest absolute Gasteiger partial charge is 0.274 e. The zero-order chi connectivity index (χ0) is 10.8. The van der Waals surface area contributed by atoms with Gasteiger partial charge in [0.1, 0.15) is 0 Å². The molecular formula is C6H9N3O4S. The van der Waals surface area contributed by atoms with E-state index in [2.05, 4.69) is 9.97 Å². The number of nitrogens with zero attached hydrogens (tertiary/aromatic N) is 2. The van der Waals surface area contributed by atoms with Crippen LogP contribution in [0.15, 0.2) is 11.2 Å². The molecule has 1 heterocycles. The van der Waals surface area contributed by atoms with Gasteiger partial charge in [-0.2, -0.15) is 9.97 Å². The summed E-state index contributed by atoms with van der Waals surface area (Å²) in [7, 11) is -1.27. The van der Waals surface area contributed by atoms with Crippen LogP contribution in [0.4, 0.5) is 0 Å². The molecule has 0 unspecified atom stereocenters. The van der Waals surface area contributed by atoms with Crippen molar-refractivity contribution in [2.75, 3.05) is 14.2 Å². The van der Waals surface area contributed by atoms with Crippen LogP contribution in [0.1, 0.15) is 0 Å². The first-order chi connectivity index (χ1) is 6.47. The Morgan fingerprint density at radius 3 is 1.93 bits per heavy atom. The normalized spacial score (nSPS) is 11.1. The maximum atomic E-state index is 10.9. The lowest BCUT2D eigenvalue weighted by atomic mass is 10.6. The monoisotopic (exact) mass is 219 g/mol. The average molecular weight is 219 g/mol. The Kier molecular flexibility index (Phi) is 2.87. The van der Waals surface area contributed by atoms with Crippen molar-refractivity contribution in [1.82, 2.24) is 9.97 Å². The number of methoxy groups -OCH3 is 2. The predicted molar refractivity (Wildman–Crippen MR) is 46.5 cm³/mol. The van der Waals surface area contributed by atoms with E-state index in [1.54, 1.807) is 0 Å². The second-order valence-corrected chi connectivity index (χ2v) is 3.74. The lowest BCUT2D eigenvalue weighted by Crippen LogP contribution is -2.16. The molecule has 0 aromatic carbocycles. The van der Waals surface area contributed by atoms with Gasteiger partial charge in [-0.3, -0.25) is 0 Å². The highest BCUT2D eigenvalue weighted by atomic mass is 32.2. The molecular weight excluding hydrogens is 210 g/mol. The van der Waals surface area contributed by atoms with Gasteiger partial charge in [-0.25, -0.2) is 13.6 Å². The summed E-state index contributed by atoms with van der Waals surface area (Å²) in [6, 6.07) is 1.34. The molecule has 1 rings (SSSR count). The van der Waals surface area contributed by atoms with Crippen molar-refractivity contribution < 1.29 is 17.9 Å². The Bertz CT molecular complexity index is 408. The molecule has 0 radical (unpaired) electrons. The standard InChI is InChI=1S/C6H9N3O4S/c1-12-4-3-5(13-2)9-6(8-4)14(7,10)11/h3H,1-2H3,(H2,7,10,11). The maximum Gasteiger partial charge on any atom is 0.274 e. The first-order valence-corrected chi connectivity index (χ1v) is 5.02. The lowest BCUT2D eigenvalue weighted by molar-refractivity contribution is 0.362. The number of aromatic nitrogens is 2. The third kappa shape index (κ3) is 2.30. The van der Waals surface area contributed by atoms with E-state index in [1.165, 1.54) is 20.3 Å². The van der Waals surface area contributed by atoms with Gasteiger partial charge in [0, 0.05) is 0 Å². The molecule has 0 saturated heterocycles. The third-order valence-electron chi connectivity index (χ3n) is 1.33. The van der Waals surface area contributed by atoms with Crippen LogP contribution in [0, 0.1) is 0 Å². The van der Waals surface area contributed by atoms with Gasteiger partial charge in [0.15, 0.2) is 0 Å². The van der Waals surface area contributed by atoms with Crippen molar-refractivity contribution in [3.8, 4) is 11.8 Å². The Balaban J connectivity index is 3.32. The van der Waals surface area contributed by atoms with Gasteiger partial charge in [-0.15, -0.1) is 0 Å². The Labute approximate surface area is 80.9 Å². The molecule has 0 spiro atoms. The number of rotatable bonds is 3. The minimum atomic E-state index is -3.95. The van der Waals surface area contributed by atoms with Crippen LogP contribution in [-0.2, 0) is 10.0 Å². The van der Waals surface area contributed by atoms with Gasteiger partial charge in [0.05, 0.1) is 20.3 Å². The van der Waals surface area contributed by atoms with Crippen LogP contribution in [0.2, 0.25) is 0 Å². The van der Waals surface area contributed by atoms with E-state index in [0.29, 0.717) is 0 Å². The summed E-state index contributed by atoms with van der Waals surface area (Å²) in [5, 5.41) is 4.31. The van der Waals surface area contributed by atoms with Crippen LogP contribution < -0.4 is 14.6 Å². The van der Waals surface area contributed by atoms with Crippen LogP contribution >= 0.6 is 0 Å². The Morgan fingerprint density at radius 1 is 1.21 bits per heavy atom. The molecule has 78 valence electrons. The maximum absolute atomic E-state index is 10.9. The fourth-order valence-electron chi connectivity index (χ4n) is 0.720. The van der Waals surface area contributed by atoms with Gasteiger partial charge in [0.25, 0.3) is 15.2 Å². The minimum Gasteiger partial charge on any atom is -0.481 e. The van der Waals surface area contributed by atoms with E-state index in [1.807, 2.05) is 0 Å². The van der Waals surface area contributed by atoms with E-state index < -0.39 is 15.2 Å². The number of ether oxygens (including phenoxy) is 2. The second-order valence-electron chi connectivity index (χ2n) is 2.28. The third-order valence-corrected chi connectivity index (χ3v) is 2.02. The summed E-state index contributed by atoms with van der Waals surface area (Å²) in [6.45, 7) is 0. The van der Waals surface area contributed by atoms with Gasteiger partial charge < -0.3 is 9.47 Å². The molecule has 0 fully saturated rings. The minimum absolute atomic E-state index is 0.0703. The molecule has 0 amide bonds. The molecule has 0 aliphatic heterocycles. The Morgan fingerprint density at radius 2 is 1.64 bits per heavy atom. The zero-order valence-electron chi connectivity index (χ0n) is 7.59. The van der Waals surface area contributed by atoms with Crippen molar-refractivity contribution in [2.45, 2.75) is 5.16 Å². The predicted octanol–water partition coefficient (Wildman–Crippen LogP) is -0.859. The van der Waals surface area contributed by atoms with Gasteiger partial charge in [0.2, 0.25) is 11.8 Å². The summed E-state index contributed by atoms with van der Waals surface area (Å²) in [6.07, 6.45) is 0. The summed E-state index contributed by atoms with van der Waals surface area (Å²) in [5.41, 5.74) is 0. The SMILES string of the molecule is COc1cc(OC)nc(S(N)(=O)=O)n1. The van der Waals surface area contributed by atoms with Crippen LogP contribution in [0.3, 0.4) is 0 Å². The number of nitrogens with two attached hydrogens (primary N) is 1. The van der Waals surface area contributed by atoms with Gasteiger partial charge in [-0.05, 0) is 0 Å². The first kappa shape index (κ1) is 10.7. The van der Waals surface area contributed by atoms with Crippen molar-refractivity contribution in [3.05, 3.63) is 6.07 Å². The molecule has 0 bridgehead atoms. The average Bonchev–Trinajstić information content (AvgIpc) is 2.15. The summed E-state index contributed by atoms with van der Waals surface area (Å²) in [5.74, 6) is 0.141. The van der Waals surface area contributed by atoms with Crippen LogP contribution in [0.25, 0.3) is 0 Å². The highest BCUT2D eigenvalue weighted by molar-refractivity contribution is 7.89. The fourth-order valence-corrected chi connectivity index (χ4v) is 1.15. The van der Waals surface area contributed by atoms with E-state index in [4.69, 9.17) is 14.6 Å². The highest BCUT2D eigenvalue weighted by Gasteiger charge is 2.15. The first-order valence-electron chi connectivity index (χ1n) is 3.47. The second kappa shape index (κ2) is 3.76. The molecule has 0 aliphatic rings. The van der Waals surface area contributed by atoms with Gasteiger partial charge in [-0.1, -0.05) is 0 Å². The van der Waals surface area contributed by atoms with E-state index in [0.717, 1.165) is 0 Å².